The predicted octanol–water partition coefficient (Wildman–Crippen LogP) is 3.23. The van der Waals surface area contributed by atoms with Crippen molar-refractivity contribution >= 4 is 11.6 Å². The Balaban J connectivity index is 4.17. The van der Waals surface area contributed by atoms with Crippen LogP contribution in [0.5, 0.6) is 0 Å². The Labute approximate surface area is 93.3 Å². The van der Waals surface area contributed by atoms with Crippen LogP contribution in [0.1, 0.15) is 41.0 Å². The van der Waals surface area contributed by atoms with Gasteiger partial charge in [0.25, 0.3) is 0 Å². The Morgan fingerprint density at radius 2 is 1.50 bits per heavy atom. The van der Waals surface area contributed by atoms with Crippen LogP contribution in [0.4, 0.5) is 0 Å². The monoisotopic (exact) mass is 233 g/mol. The molecule has 0 aromatic rings. The molecule has 0 atom stereocenters. The molecule has 3 heteroatoms. The van der Waals surface area contributed by atoms with Crippen LogP contribution < -0.4 is 0 Å². The number of hydrogen-bond donors (Lipinski definition) is 0. The molecule has 0 aromatic carbocycles. The van der Waals surface area contributed by atoms with Crippen molar-refractivity contribution in [1.29, 1.82) is 0 Å². The molecule has 2 nitrogen and oxygen atoms in total. The third-order valence-electron chi connectivity index (χ3n) is 2.33. The quantitative estimate of drug-likeness (QED) is 0.521. The molecule has 81 valence electrons. The first kappa shape index (κ1) is 14.1. The summed E-state index contributed by atoms with van der Waals surface area (Å²) in [7, 11) is 0. The molecule has 0 radical (unpaired) electrons. The second-order valence-corrected chi connectivity index (χ2v) is 10.4. The first-order valence-corrected chi connectivity index (χ1v) is 8.12. The van der Waals surface area contributed by atoms with Gasteiger partial charge in [0.2, 0.25) is 0 Å². The maximum atomic E-state index is 11.5. The number of rotatable bonds is 6. The molecule has 0 aliphatic carbocycles. The summed E-state index contributed by atoms with van der Waals surface area (Å²) in [5.74, 6) is 0.162. The van der Waals surface area contributed by atoms with Crippen LogP contribution in [0.15, 0.2) is 0 Å². The summed E-state index contributed by atoms with van der Waals surface area (Å²) in [6.45, 7) is 10.3. The van der Waals surface area contributed by atoms with Crippen molar-refractivity contribution in [2.24, 2.45) is 0 Å². The van der Waals surface area contributed by atoms with Crippen molar-refractivity contribution in [2.45, 2.75) is 54.2 Å². The minimum absolute atomic E-state index is 0.0000576. The van der Waals surface area contributed by atoms with Crippen molar-refractivity contribution in [3.63, 3.8) is 0 Å². The van der Waals surface area contributed by atoms with Gasteiger partial charge in [-0.05, 0) is 0 Å². The topological polar surface area (TPSA) is 34.1 Å². The van der Waals surface area contributed by atoms with Crippen LogP contribution in [0.25, 0.3) is 0 Å². The molecule has 0 aromatic heterocycles. The molecule has 0 rings (SSSR count). The molecule has 0 amide bonds. The molecule has 0 fully saturated rings. The number of carbonyl (C=O) groups excluding carboxylic acids is 2. The fourth-order valence-electron chi connectivity index (χ4n) is 1.64. The SMILES string of the molecule is CC(=O)CC(=O)[CH2][Ti]([CH](C)C)[CH](C)C. The van der Waals surface area contributed by atoms with Gasteiger partial charge in [0.15, 0.2) is 0 Å². The van der Waals surface area contributed by atoms with E-state index in [0.717, 1.165) is 4.73 Å². The van der Waals surface area contributed by atoms with Gasteiger partial charge in [-0.2, -0.15) is 0 Å². The van der Waals surface area contributed by atoms with Gasteiger partial charge < -0.3 is 0 Å². The molecule has 0 saturated carbocycles. The average Bonchev–Trinajstić information content (AvgIpc) is 1.97. The predicted molar refractivity (Wildman–Crippen MR) is 55.3 cm³/mol. The van der Waals surface area contributed by atoms with E-state index in [1.54, 1.807) is 0 Å². The Morgan fingerprint density at radius 3 is 1.79 bits per heavy atom. The van der Waals surface area contributed by atoms with E-state index in [9.17, 15) is 9.59 Å². The van der Waals surface area contributed by atoms with E-state index in [-0.39, 0.29) is 18.0 Å². The van der Waals surface area contributed by atoms with E-state index in [1.807, 2.05) is 0 Å². The van der Waals surface area contributed by atoms with Gasteiger partial charge >= 0.3 is 93.2 Å². The van der Waals surface area contributed by atoms with E-state index in [2.05, 4.69) is 27.7 Å². The Kier molecular flexibility index (Phi) is 6.55. The fourth-order valence-corrected chi connectivity index (χ4v) is 5.91. The van der Waals surface area contributed by atoms with Gasteiger partial charge in [-0.15, -0.1) is 0 Å². The third kappa shape index (κ3) is 5.72. The maximum absolute atomic E-state index is 11.5. The van der Waals surface area contributed by atoms with Gasteiger partial charge in [-0.3, -0.25) is 0 Å². The summed E-state index contributed by atoms with van der Waals surface area (Å²) in [5.41, 5.74) is 0. The normalized spacial score (nSPS) is 10.8. The van der Waals surface area contributed by atoms with Crippen molar-refractivity contribution in [1.82, 2.24) is 0 Å². The number of carbonyl (C=O) groups is 2. The van der Waals surface area contributed by atoms with Crippen LogP contribution in [-0.2, 0) is 27.5 Å². The van der Waals surface area contributed by atoms with Crippen molar-refractivity contribution in [3.8, 4) is 0 Å². The number of Topliss-reactive ketones (excluding diaryl/α,β-unsaturated/α-hetero) is 2. The van der Waals surface area contributed by atoms with Crippen molar-refractivity contribution in [3.05, 3.63) is 0 Å². The molecule has 0 heterocycles. The minimum atomic E-state index is -1.28. The van der Waals surface area contributed by atoms with Crippen LogP contribution in [0, 0.1) is 0 Å². The summed E-state index contributed by atoms with van der Waals surface area (Å²) in [6, 6.07) is 0. The second-order valence-electron chi connectivity index (χ2n) is 4.48. The van der Waals surface area contributed by atoms with Gasteiger partial charge in [0.1, 0.15) is 0 Å². The summed E-state index contributed by atoms with van der Waals surface area (Å²) in [4.78, 5) is 22.3. The van der Waals surface area contributed by atoms with E-state index in [1.165, 1.54) is 6.92 Å². The first-order valence-electron chi connectivity index (χ1n) is 5.21. The molecule has 0 aliphatic rings. The van der Waals surface area contributed by atoms with Gasteiger partial charge in [0, 0.05) is 0 Å². The number of ketones is 2. The van der Waals surface area contributed by atoms with Gasteiger partial charge in [-0.1, -0.05) is 0 Å². The zero-order chi connectivity index (χ0) is 11.3. The van der Waals surface area contributed by atoms with Crippen LogP contribution in [0.2, 0.25) is 13.2 Å². The van der Waals surface area contributed by atoms with E-state index in [0.29, 0.717) is 8.45 Å². The van der Waals surface area contributed by atoms with Gasteiger partial charge in [0.05, 0.1) is 0 Å². The molecule has 0 aliphatic heterocycles. The van der Waals surface area contributed by atoms with E-state index >= 15 is 0 Å². The molecular weight excluding hydrogens is 212 g/mol. The molecule has 14 heavy (non-hydrogen) atoms. The summed E-state index contributed by atoms with van der Waals surface area (Å²) in [6.07, 6.45) is 0.149. The van der Waals surface area contributed by atoms with Crippen LogP contribution >= 0.6 is 0 Å². The van der Waals surface area contributed by atoms with Crippen LogP contribution in [-0.4, -0.2) is 11.6 Å². The Bertz CT molecular complexity index is 201. The van der Waals surface area contributed by atoms with Gasteiger partial charge in [-0.25, -0.2) is 0 Å². The third-order valence-corrected chi connectivity index (χ3v) is 8.22. The standard InChI is InChI=1S/C5H7O2.2C3H7.Ti/c1-4(6)3-5(2)7;2*1-3-2;/h1,3H2,2H3;2*3H,1-2H3;. The van der Waals surface area contributed by atoms with Crippen molar-refractivity contribution < 1.29 is 27.5 Å². The van der Waals surface area contributed by atoms with Crippen molar-refractivity contribution in [2.75, 3.05) is 0 Å². The summed E-state index contributed by atoms with van der Waals surface area (Å²) < 4.78 is 2.06. The molecule has 0 spiro atoms. The Morgan fingerprint density at radius 1 is 1.07 bits per heavy atom. The van der Waals surface area contributed by atoms with Crippen LogP contribution in [0.3, 0.4) is 0 Å². The first-order chi connectivity index (χ1) is 6.34. The average molecular weight is 233 g/mol. The molecule has 0 saturated heterocycles. The molecular formula is C11H21O2Ti. The van der Waals surface area contributed by atoms with E-state index in [4.69, 9.17) is 0 Å². The number of hydrogen-bond acceptors (Lipinski definition) is 2. The Hall–Kier alpha value is 0.0543. The zero-order valence-electron chi connectivity index (χ0n) is 9.89. The summed E-state index contributed by atoms with van der Waals surface area (Å²) >= 11 is -1.28. The summed E-state index contributed by atoms with van der Waals surface area (Å²) in [5, 5.41) is 0. The second kappa shape index (κ2) is 6.52. The zero-order valence-corrected chi connectivity index (χ0v) is 11.4. The molecule has 0 N–H and O–H groups in total. The molecule has 0 bridgehead atoms. The molecule has 0 unspecified atom stereocenters. The van der Waals surface area contributed by atoms with E-state index < -0.39 is 17.9 Å². The fraction of sp³-hybridized carbons (Fsp3) is 0.818.